The Morgan fingerprint density at radius 3 is 2.55 bits per heavy atom. The Bertz CT molecular complexity index is 1270. The summed E-state index contributed by atoms with van der Waals surface area (Å²) in [6.07, 6.45) is 2.84. The number of anilines is 2. The zero-order valence-corrected chi connectivity index (χ0v) is 17.1. The third kappa shape index (κ3) is 3.79. The number of carbonyl (C=O) groups is 1. The van der Waals surface area contributed by atoms with Gasteiger partial charge in [-0.15, -0.1) is 0 Å². The van der Waals surface area contributed by atoms with Crippen LogP contribution in [0.1, 0.15) is 18.1 Å². The summed E-state index contributed by atoms with van der Waals surface area (Å²) in [6, 6.07) is 10.4. The lowest BCUT2D eigenvalue weighted by atomic mass is 10.0. The van der Waals surface area contributed by atoms with E-state index in [1.807, 2.05) is 32.0 Å². The number of carbonyl (C=O) groups excluding carboxylic acids is 1. The number of hydrogen-bond acceptors (Lipinski definition) is 5. The monoisotopic (exact) mass is 420 g/mol. The van der Waals surface area contributed by atoms with Crippen LogP contribution in [0.4, 0.5) is 20.4 Å². The molecule has 0 aliphatic carbocycles. The Morgan fingerprint density at radius 2 is 1.87 bits per heavy atom. The molecule has 0 aliphatic heterocycles. The average molecular weight is 420 g/mol. The van der Waals surface area contributed by atoms with Crippen molar-refractivity contribution in [3.8, 4) is 22.5 Å². The summed E-state index contributed by atoms with van der Waals surface area (Å²) >= 11 is 0. The molecule has 0 N–H and O–H groups in total. The van der Waals surface area contributed by atoms with Crippen molar-refractivity contribution in [1.29, 1.82) is 0 Å². The van der Waals surface area contributed by atoms with Crippen LogP contribution in [0.2, 0.25) is 0 Å². The molecule has 0 spiro atoms. The Labute approximate surface area is 177 Å². The second-order valence-electron chi connectivity index (χ2n) is 7.07. The molecule has 0 fully saturated rings. The Hall–Kier alpha value is -3.94. The summed E-state index contributed by atoms with van der Waals surface area (Å²) in [4.78, 5) is 22.3. The van der Waals surface area contributed by atoms with Gasteiger partial charge in [0.05, 0.1) is 16.9 Å². The molecule has 0 radical (unpaired) electrons. The molecule has 0 saturated carbocycles. The van der Waals surface area contributed by atoms with Crippen LogP contribution in [-0.2, 0) is 4.79 Å². The molecule has 31 heavy (non-hydrogen) atoms. The molecule has 2 heterocycles. The molecule has 2 aromatic heterocycles. The van der Waals surface area contributed by atoms with Crippen molar-refractivity contribution in [3.05, 3.63) is 77.8 Å². The van der Waals surface area contributed by atoms with Gasteiger partial charge < -0.3 is 4.52 Å². The number of benzene rings is 2. The molecule has 0 aliphatic rings. The van der Waals surface area contributed by atoms with E-state index in [1.54, 1.807) is 6.07 Å². The fourth-order valence-electron chi connectivity index (χ4n) is 3.35. The van der Waals surface area contributed by atoms with Gasteiger partial charge in [-0.1, -0.05) is 17.3 Å². The van der Waals surface area contributed by atoms with Gasteiger partial charge in [0, 0.05) is 24.8 Å². The average Bonchev–Trinajstić information content (AvgIpc) is 3.15. The first-order chi connectivity index (χ1) is 14.9. The van der Waals surface area contributed by atoms with Crippen molar-refractivity contribution in [3.63, 3.8) is 0 Å². The molecule has 4 aromatic rings. The molecule has 4 rings (SSSR count). The number of aryl methyl sites for hydroxylation is 2. The summed E-state index contributed by atoms with van der Waals surface area (Å²) in [5, 5.41) is 4.04. The van der Waals surface area contributed by atoms with Gasteiger partial charge in [0.25, 0.3) is 0 Å². The number of amides is 1. The van der Waals surface area contributed by atoms with Gasteiger partial charge in [0.1, 0.15) is 23.7 Å². The minimum absolute atomic E-state index is 0.0227. The summed E-state index contributed by atoms with van der Waals surface area (Å²) in [6.45, 7) is 5.17. The highest BCUT2D eigenvalue weighted by atomic mass is 19.1. The first-order valence-corrected chi connectivity index (χ1v) is 9.46. The fourth-order valence-corrected chi connectivity index (χ4v) is 3.35. The summed E-state index contributed by atoms with van der Waals surface area (Å²) in [5.41, 5.74) is 3.17. The number of hydrogen-bond donors (Lipinski definition) is 0. The number of halogens is 2. The largest absolute Gasteiger partial charge is 0.336 e. The quantitative estimate of drug-likeness (QED) is 0.443. The molecule has 156 valence electrons. The van der Waals surface area contributed by atoms with Gasteiger partial charge in [-0.25, -0.2) is 23.6 Å². The van der Waals surface area contributed by atoms with E-state index in [0.29, 0.717) is 16.9 Å². The highest BCUT2D eigenvalue weighted by Gasteiger charge is 2.30. The molecule has 0 bridgehead atoms. The third-order valence-corrected chi connectivity index (χ3v) is 4.82. The molecule has 0 atom stereocenters. The molecule has 1 amide bonds. The Kier molecular flexibility index (Phi) is 5.29. The highest BCUT2D eigenvalue weighted by molar-refractivity contribution is 6.03. The van der Waals surface area contributed by atoms with E-state index in [2.05, 4.69) is 15.1 Å². The zero-order valence-electron chi connectivity index (χ0n) is 17.1. The van der Waals surface area contributed by atoms with E-state index in [4.69, 9.17) is 4.52 Å². The van der Waals surface area contributed by atoms with Crippen LogP contribution in [-0.4, -0.2) is 21.0 Å². The van der Waals surface area contributed by atoms with Crippen LogP contribution in [0.3, 0.4) is 0 Å². The van der Waals surface area contributed by atoms with E-state index in [-0.39, 0.29) is 23.0 Å². The smallest absolute Gasteiger partial charge is 0.248 e. The van der Waals surface area contributed by atoms with Crippen LogP contribution in [0, 0.1) is 25.5 Å². The van der Waals surface area contributed by atoms with Crippen LogP contribution >= 0.6 is 0 Å². The maximum atomic E-state index is 14.6. The molecular formula is C23H18F2N4O2. The van der Waals surface area contributed by atoms with Gasteiger partial charge in [-0.3, -0.25) is 4.79 Å². The van der Waals surface area contributed by atoms with Crippen molar-refractivity contribution in [2.45, 2.75) is 20.8 Å². The lowest BCUT2D eigenvalue weighted by molar-refractivity contribution is -0.116. The Balaban J connectivity index is 2.01. The molecule has 0 saturated heterocycles. The lowest BCUT2D eigenvalue weighted by Gasteiger charge is -2.21. The maximum Gasteiger partial charge on any atom is 0.248 e. The standard InChI is InChI=1S/C23H18F2N4O2/c1-13-4-5-14(2)20(10-13)29(15(3)30)23-21(19-8-9-26-12-27-19)22(28-31-23)17-7-6-16(24)11-18(17)25/h4-12H,1-3H3. The fraction of sp³-hybridized carbons (Fsp3) is 0.130. The number of nitrogens with zero attached hydrogens (tertiary/aromatic N) is 4. The van der Waals surface area contributed by atoms with Crippen LogP contribution in [0.5, 0.6) is 0 Å². The Morgan fingerprint density at radius 1 is 1.06 bits per heavy atom. The van der Waals surface area contributed by atoms with Gasteiger partial charge in [-0.2, -0.15) is 0 Å². The van der Waals surface area contributed by atoms with Crippen LogP contribution in [0.25, 0.3) is 22.5 Å². The van der Waals surface area contributed by atoms with Gasteiger partial charge in [0.15, 0.2) is 0 Å². The predicted molar refractivity (Wildman–Crippen MR) is 112 cm³/mol. The maximum absolute atomic E-state index is 14.6. The predicted octanol–water partition coefficient (Wildman–Crippen LogP) is 5.38. The second kappa shape index (κ2) is 8.06. The highest BCUT2D eigenvalue weighted by Crippen LogP contribution is 2.42. The van der Waals surface area contributed by atoms with Crippen molar-refractivity contribution < 1.29 is 18.1 Å². The van der Waals surface area contributed by atoms with Gasteiger partial charge in [-0.05, 0) is 49.2 Å². The van der Waals surface area contributed by atoms with E-state index in [0.717, 1.165) is 23.3 Å². The molecule has 0 unspecified atom stereocenters. The normalized spacial score (nSPS) is 10.9. The number of rotatable bonds is 4. The second-order valence-corrected chi connectivity index (χ2v) is 7.07. The minimum Gasteiger partial charge on any atom is -0.336 e. The molecule has 6 nitrogen and oxygen atoms in total. The van der Waals surface area contributed by atoms with Crippen LogP contribution < -0.4 is 4.90 Å². The van der Waals surface area contributed by atoms with E-state index in [9.17, 15) is 13.6 Å². The summed E-state index contributed by atoms with van der Waals surface area (Å²) in [7, 11) is 0. The van der Waals surface area contributed by atoms with Crippen molar-refractivity contribution in [1.82, 2.24) is 15.1 Å². The number of aromatic nitrogens is 3. The third-order valence-electron chi connectivity index (χ3n) is 4.82. The topological polar surface area (TPSA) is 72.1 Å². The summed E-state index contributed by atoms with van der Waals surface area (Å²) < 4.78 is 33.7. The van der Waals surface area contributed by atoms with E-state index in [1.165, 1.54) is 30.4 Å². The van der Waals surface area contributed by atoms with Crippen LogP contribution in [0.15, 0.2) is 59.5 Å². The minimum atomic E-state index is -0.809. The molecule has 8 heteroatoms. The van der Waals surface area contributed by atoms with Crippen molar-refractivity contribution >= 4 is 17.5 Å². The van der Waals surface area contributed by atoms with Crippen molar-refractivity contribution in [2.24, 2.45) is 0 Å². The van der Waals surface area contributed by atoms with Gasteiger partial charge >= 0.3 is 0 Å². The van der Waals surface area contributed by atoms with E-state index < -0.39 is 11.6 Å². The summed E-state index contributed by atoms with van der Waals surface area (Å²) in [5.74, 6) is -1.77. The lowest BCUT2D eigenvalue weighted by Crippen LogP contribution is -2.24. The SMILES string of the molecule is CC(=O)N(c1cc(C)ccc1C)c1onc(-c2ccc(F)cc2F)c1-c1ccncn1. The first kappa shape index (κ1) is 20.3. The van der Waals surface area contributed by atoms with Gasteiger partial charge in [0.2, 0.25) is 11.8 Å². The first-order valence-electron chi connectivity index (χ1n) is 9.46. The zero-order chi connectivity index (χ0) is 22.1. The molecular weight excluding hydrogens is 402 g/mol. The van der Waals surface area contributed by atoms with E-state index >= 15 is 0 Å². The molecule has 2 aromatic carbocycles. The van der Waals surface area contributed by atoms with Crippen molar-refractivity contribution in [2.75, 3.05) is 4.90 Å².